The van der Waals surface area contributed by atoms with Crippen LogP contribution in [0.15, 0.2) is 12.4 Å². The maximum Gasteiger partial charge on any atom is 0.366 e. The van der Waals surface area contributed by atoms with E-state index in [0.717, 1.165) is 25.9 Å². The van der Waals surface area contributed by atoms with Gasteiger partial charge in [-0.3, -0.25) is 0 Å². The molecule has 1 rings (SSSR count). The number of rotatable bonds is 2. The summed E-state index contributed by atoms with van der Waals surface area (Å²) in [6, 6.07) is 0. The second-order valence-corrected chi connectivity index (χ2v) is 2.76. The molecule has 68 valence electrons. The molecular weight excluding hydrogens is 161 g/mol. The van der Waals surface area contributed by atoms with E-state index >= 15 is 0 Å². The molecule has 0 saturated carbocycles. The molecule has 12 heavy (non-hydrogen) atoms. The summed E-state index contributed by atoms with van der Waals surface area (Å²) in [5.41, 5.74) is 0. The molecule has 1 aliphatic rings. The number of nitrogens with one attached hydrogen (secondary N) is 1. The van der Waals surface area contributed by atoms with Gasteiger partial charge in [0, 0.05) is 0 Å². The number of halogens is 1. The average Bonchev–Trinajstić information content (AvgIpc) is 2.06. The molecule has 0 bridgehead atoms. The summed E-state index contributed by atoms with van der Waals surface area (Å²) in [7, 11) is 0. The molecule has 0 atom stereocenters. The van der Waals surface area contributed by atoms with E-state index in [0.29, 0.717) is 0 Å². The first-order chi connectivity index (χ1) is 5.70. The largest absolute Gasteiger partial charge is 0.457 e. The zero-order chi connectivity index (χ0) is 8.97. The van der Waals surface area contributed by atoms with Crippen LogP contribution in [0.3, 0.4) is 0 Å². The fourth-order valence-corrected chi connectivity index (χ4v) is 1.13. The lowest BCUT2D eigenvalue weighted by molar-refractivity contribution is -0.147. The highest BCUT2D eigenvalue weighted by atomic mass is 19.1. The van der Waals surface area contributed by atoms with Crippen molar-refractivity contribution in [3.8, 4) is 0 Å². The minimum Gasteiger partial charge on any atom is -0.457 e. The van der Waals surface area contributed by atoms with Gasteiger partial charge >= 0.3 is 5.97 Å². The normalized spacial score (nSPS) is 18.8. The van der Waals surface area contributed by atoms with Crippen LogP contribution >= 0.6 is 0 Å². The van der Waals surface area contributed by atoms with E-state index in [1.54, 1.807) is 0 Å². The summed E-state index contributed by atoms with van der Waals surface area (Å²) in [5.74, 6) is -1.95. The Labute approximate surface area is 70.6 Å². The molecule has 3 nitrogen and oxygen atoms in total. The molecule has 0 aromatic carbocycles. The quantitative estimate of drug-likeness (QED) is 0.495. The summed E-state index contributed by atoms with van der Waals surface area (Å²) in [5, 5.41) is 3.11. The predicted molar refractivity (Wildman–Crippen MR) is 42.2 cm³/mol. The minimum absolute atomic E-state index is 0.147. The van der Waals surface area contributed by atoms with Crippen LogP contribution in [-0.2, 0) is 9.53 Å². The molecule has 1 heterocycles. The van der Waals surface area contributed by atoms with E-state index in [2.05, 4.69) is 11.9 Å². The third-order valence-electron chi connectivity index (χ3n) is 1.78. The first-order valence-electron chi connectivity index (χ1n) is 3.96. The Bertz CT molecular complexity index is 187. The molecule has 0 aromatic rings. The topological polar surface area (TPSA) is 38.3 Å². The van der Waals surface area contributed by atoms with E-state index in [1.165, 1.54) is 0 Å². The molecule has 0 aliphatic carbocycles. The molecule has 1 N–H and O–H groups in total. The van der Waals surface area contributed by atoms with Gasteiger partial charge in [-0.1, -0.05) is 6.58 Å². The SMILES string of the molecule is C=C(F)C(=O)OC1CCNCC1. The third-order valence-corrected chi connectivity index (χ3v) is 1.78. The smallest absolute Gasteiger partial charge is 0.366 e. The Morgan fingerprint density at radius 2 is 2.08 bits per heavy atom. The van der Waals surface area contributed by atoms with Gasteiger partial charge in [-0.2, -0.15) is 4.39 Å². The highest BCUT2D eigenvalue weighted by Crippen LogP contribution is 2.09. The van der Waals surface area contributed by atoms with Crippen molar-refractivity contribution in [2.75, 3.05) is 13.1 Å². The molecule has 1 saturated heterocycles. The zero-order valence-corrected chi connectivity index (χ0v) is 6.81. The second kappa shape index (κ2) is 4.21. The fraction of sp³-hybridized carbons (Fsp3) is 0.625. The molecule has 4 heteroatoms. The first-order valence-corrected chi connectivity index (χ1v) is 3.96. The van der Waals surface area contributed by atoms with Crippen LogP contribution in [0.25, 0.3) is 0 Å². The summed E-state index contributed by atoms with van der Waals surface area (Å²) >= 11 is 0. The molecule has 0 unspecified atom stereocenters. The van der Waals surface area contributed by atoms with Crippen LogP contribution in [0.2, 0.25) is 0 Å². The van der Waals surface area contributed by atoms with Crippen molar-refractivity contribution < 1.29 is 13.9 Å². The van der Waals surface area contributed by atoms with Crippen LogP contribution in [0.5, 0.6) is 0 Å². The van der Waals surface area contributed by atoms with Gasteiger partial charge in [0.2, 0.25) is 5.83 Å². The van der Waals surface area contributed by atoms with Gasteiger partial charge in [0.05, 0.1) is 0 Å². The van der Waals surface area contributed by atoms with Gasteiger partial charge in [-0.15, -0.1) is 0 Å². The van der Waals surface area contributed by atoms with Gasteiger partial charge in [0.15, 0.2) is 0 Å². The number of esters is 1. The van der Waals surface area contributed by atoms with Crippen molar-refractivity contribution in [1.29, 1.82) is 0 Å². The number of carbonyl (C=O) groups excluding carboxylic acids is 1. The van der Waals surface area contributed by atoms with Crippen LogP contribution in [-0.4, -0.2) is 25.2 Å². The van der Waals surface area contributed by atoms with Crippen molar-refractivity contribution in [1.82, 2.24) is 5.32 Å². The number of hydrogen-bond donors (Lipinski definition) is 1. The highest BCUT2D eigenvalue weighted by molar-refractivity contribution is 5.85. The molecule has 0 radical (unpaired) electrons. The lowest BCUT2D eigenvalue weighted by Gasteiger charge is -2.22. The molecule has 1 fully saturated rings. The maximum atomic E-state index is 12.2. The summed E-state index contributed by atoms with van der Waals surface area (Å²) in [6.45, 7) is 4.50. The minimum atomic E-state index is -1.02. The van der Waals surface area contributed by atoms with E-state index in [4.69, 9.17) is 4.74 Å². The standard InChI is InChI=1S/C8H12FNO2/c1-6(9)8(11)12-7-2-4-10-5-3-7/h7,10H,1-5H2. The van der Waals surface area contributed by atoms with E-state index in [1.807, 2.05) is 0 Å². The molecule has 0 amide bonds. The van der Waals surface area contributed by atoms with Gasteiger partial charge in [0.25, 0.3) is 0 Å². The molecular formula is C8H12FNO2. The number of hydrogen-bond acceptors (Lipinski definition) is 3. The Morgan fingerprint density at radius 1 is 1.50 bits per heavy atom. The van der Waals surface area contributed by atoms with Crippen molar-refractivity contribution in [3.63, 3.8) is 0 Å². The molecule has 1 aliphatic heterocycles. The predicted octanol–water partition coefficient (Wildman–Crippen LogP) is 0.765. The third kappa shape index (κ3) is 2.62. The second-order valence-electron chi connectivity index (χ2n) is 2.76. The number of carbonyl (C=O) groups is 1. The zero-order valence-electron chi connectivity index (χ0n) is 6.81. The average molecular weight is 173 g/mol. The van der Waals surface area contributed by atoms with Crippen LogP contribution in [0.1, 0.15) is 12.8 Å². The fourth-order valence-electron chi connectivity index (χ4n) is 1.13. The molecule has 0 spiro atoms. The van der Waals surface area contributed by atoms with E-state index in [-0.39, 0.29) is 6.10 Å². The van der Waals surface area contributed by atoms with Crippen LogP contribution in [0, 0.1) is 0 Å². The van der Waals surface area contributed by atoms with Crippen LogP contribution in [0.4, 0.5) is 4.39 Å². The lowest BCUT2D eigenvalue weighted by atomic mass is 10.1. The first kappa shape index (κ1) is 9.19. The Kier molecular flexibility index (Phi) is 3.22. The molecule has 0 aromatic heterocycles. The van der Waals surface area contributed by atoms with Crippen molar-refractivity contribution >= 4 is 5.97 Å². The summed E-state index contributed by atoms with van der Waals surface area (Å²) in [6.07, 6.45) is 1.35. The Hall–Kier alpha value is -0.900. The number of ether oxygens (including phenoxy) is 1. The Balaban J connectivity index is 2.29. The van der Waals surface area contributed by atoms with Crippen molar-refractivity contribution in [2.45, 2.75) is 18.9 Å². The summed E-state index contributed by atoms with van der Waals surface area (Å²) < 4.78 is 17.0. The Morgan fingerprint density at radius 3 is 2.58 bits per heavy atom. The van der Waals surface area contributed by atoms with Gasteiger partial charge in [0.1, 0.15) is 6.10 Å². The van der Waals surface area contributed by atoms with Crippen LogP contribution < -0.4 is 5.32 Å². The van der Waals surface area contributed by atoms with E-state index < -0.39 is 11.8 Å². The lowest BCUT2D eigenvalue weighted by Crippen LogP contribution is -2.33. The monoisotopic (exact) mass is 173 g/mol. The van der Waals surface area contributed by atoms with Crippen molar-refractivity contribution in [2.24, 2.45) is 0 Å². The van der Waals surface area contributed by atoms with Gasteiger partial charge in [-0.25, -0.2) is 4.79 Å². The number of piperidine rings is 1. The summed E-state index contributed by atoms with van der Waals surface area (Å²) in [4.78, 5) is 10.7. The van der Waals surface area contributed by atoms with Gasteiger partial charge in [-0.05, 0) is 25.9 Å². The maximum absolute atomic E-state index is 12.2. The van der Waals surface area contributed by atoms with E-state index in [9.17, 15) is 9.18 Å². The highest BCUT2D eigenvalue weighted by Gasteiger charge is 2.18. The van der Waals surface area contributed by atoms with Crippen molar-refractivity contribution in [3.05, 3.63) is 12.4 Å². The van der Waals surface area contributed by atoms with Gasteiger partial charge < -0.3 is 10.1 Å².